The van der Waals surface area contributed by atoms with E-state index in [1.165, 1.54) is 12.1 Å². The standard InChI is InChI=1S/C31H32FN5O4S/c1-42(39,40)35-26-10-14-30(15-11-26)41-29-12-4-23(5-13-29)22-36-19-16-27(17-20-36)37(28-3-2-18-33-21-28)31(38)34-25-8-6-24(32)7-9-25/h2-15,18,21,27,35H,16-17,19-20,22H2,1H3,(H,34,38). The van der Waals surface area contributed by atoms with Crippen molar-refractivity contribution in [2.24, 2.45) is 0 Å². The summed E-state index contributed by atoms with van der Waals surface area (Å²) in [5.74, 6) is 0.925. The van der Waals surface area contributed by atoms with E-state index >= 15 is 0 Å². The molecule has 1 aliphatic heterocycles. The number of rotatable bonds is 9. The van der Waals surface area contributed by atoms with Gasteiger partial charge < -0.3 is 10.1 Å². The molecule has 1 aromatic heterocycles. The Morgan fingerprint density at radius 3 is 2.17 bits per heavy atom. The first-order valence-electron chi connectivity index (χ1n) is 13.5. The largest absolute Gasteiger partial charge is 0.457 e. The Balaban J connectivity index is 1.16. The van der Waals surface area contributed by atoms with E-state index in [0.717, 1.165) is 44.3 Å². The van der Waals surface area contributed by atoms with Gasteiger partial charge in [0.25, 0.3) is 0 Å². The molecule has 0 spiro atoms. The summed E-state index contributed by atoms with van der Waals surface area (Å²) in [6, 6.07) is 23.7. The van der Waals surface area contributed by atoms with Gasteiger partial charge in [-0.1, -0.05) is 12.1 Å². The van der Waals surface area contributed by atoms with Crippen LogP contribution in [0.1, 0.15) is 18.4 Å². The van der Waals surface area contributed by atoms with E-state index in [1.807, 2.05) is 30.3 Å². The normalized spacial score (nSPS) is 14.2. The lowest BCUT2D eigenvalue weighted by Crippen LogP contribution is -2.49. The predicted octanol–water partition coefficient (Wildman–Crippen LogP) is 6.09. The second-order valence-corrected chi connectivity index (χ2v) is 11.9. The van der Waals surface area contributed by atoms with Crippen LogP contribution in [0.5, 0.6) is 11.5 Å². The molecular weight excluding hydrogens is 557 g/mol. The van der Waals surface area contributed by atoms with E-state index in [0.29, 0.717) is 28.6 Å². The van der Waals surface area contributed by atoms with Crippen LogP contribution in [-0.4, -0.2) is 49.7 Å². The number of benzene rings is 3. The van der Waals surface area contributed by atoms with Gasteiger partial charge >= 0.3 is 6.03 Å². The van der Waals surface area contributed by atoms with Crippen molar-refractivity contribution < 1.29 is 22.3 Å². The summed E-state index contributed by atoms with van der Waals surface area (Å²) in [6.07, 6.45) is 6.04. The molecule has 0 radical (unpaired) electrons. The van der Waals surface area contributed by atoms with Gasteiger partial charge in [-0.15, -0.1) is 0 Å². The SMILES string of the molecule is CS(=O)(=O)Nc1ccc(Oc2ccc(CN3CCC(N(C(=O)Nc4ccc(F)cc4)c4cccnc4)CC3)cc2)cc1. The van der Waals surface area contributed by atoms with Crippen molar-refractivity contribution in [2.75, 3.05) is 34.3 Å². The van der Waals surface area contributed by atoms with Gasteiger partial charge in [-0.25, -0.2) is 17.6 Å². The summed E-state index contributed by atoms with van der Waals surface area (Å²) in [5.41, 5.74) is 2.86. The highest BCUT2D eigenvalue weighted by atomic mass is 32.2. The lowest BCUT2D eigenvalue weighted by Gasteiger charge is -2.38. The maximum absolute atomic E-state index is 13.3. The number of halogens is 1. The average Bonchev–Trinajstić information content (AvgIpc) is 2.97. The molecule has 4 aromatic rings. The first kappa shape index (κ1) is 29.0. The minimum Gasteiger partial charge on any atom is -0.457 e. The van der Waals surface area contributed by atoms with E-state index in [4.69, 9.17) is 4.74 Å². The van der Waals surface area contributed by atoms with Gasteiger partial charge in [0.1, 0.15) is 17.3 Å². The number of likely N-dealkylation sites (tertiary alicyclic amines) is 1. The van der Waals surface area contributed by atoms with Crippen LogP contribution in [0.2, 0.25) is 0 Å². The number of nitrogens with one attached hydrogen (secondary N) is 2. The molecule has 218 valence electrons. The van der Waals surface area contributed by atoms with Gasteiger partial charge in [0.2, 0.25) is 10.0 Å². The van der Waals surface area contributed by atoms with Gasteiger partial charge in [0, 0.05) is 43.2 Å². The Morgan fingerprint density at radius 1 is 0.952 bits per heavy atom. The van der Waals surface area contributed by atoms with Gasteiger partial charge in [-0.3, -0.25) is 19.5 Å². The Hall–Kier alpha value is -4.48. The maximum atomic E-state index is 13.3. The molecule has 0 aliphatic carbocycles. The lowest BCUT2D eigenvalue weighted by atomic mass is 10.0. The van der Waals surface area contributed by atoms with Gasteiger partial charge in [-0.05, 0) is 91.2 Å². The topological polar surface area (TPSA) is 104 Å². The highest BCUT2D eigenvalue weighted by Crippen LogP contribution is 2.27. The molecule has 42 heavy (non-hydrogen) atoms. The molecule has 1 fully saturated rings. The van der Waals surface area contributed by atoms with Crippen molar-refractivity contribution in [3.05, 3.63) is 109 Å². The number of pyridine rings is 1. The summed E-state index contributed by atoms with van der Waals surface area (Å²) in [4.78, 5) is 21.7. The Bertz CT molecular complexity index is 1580. The number of anilines is 3. The zero-order valence-corrected chi connectivity index (χ0v) is 23.9. The summed E-state index contributed by atoms with van der Waals surface area (Å²) >= 11 is 0. The van der Waals surface area contributed by atoms with Crippen LogP contribution in [0.15, 0.2) is 97.3 Å². The van der Waals surface area contributed by atoms with E-state index in [9.17, 15) is 17.6 Å². The number of hydrogen-bond donors (Lipinski definition) is 2. The summed E-state index contributed by atoms with van der Waals surface area (Å²) in [5, 5.41) is 2.89. The number of hydrogen-bond acceptors (Lipinski definition) is 6. The number of amides is 2. The molecule has 9 nitrogen and oxygen atoms in total. The van der Waals surface area contributed by atoms with Gasteiger partial charge in [0.15, 0.2) is 0 Å². The van der Waals surface area contributed by atoms with Gasteiger partial charge in [0.05, 0.1) is 18.1 Å². The Kier molecular flexibility index (Phi) is 8.99. The molecule has 11 heteroatoms. The third-order valence-electron chi connectivity index (χ3n) is 6.88. The van der Waals surface area contributed by atoms with Crippen molar-refractivity contribution >= 4 is 33.1 Å². The average molecular weight is 590 g/mol. The summed E-state index contributed by atoms with van der Waals surface area (Å²) in [7, 11) is -3.33. The molecule has 0 bridgehead atoms. The van der Waals surface area contributed by atoms with Crippen LogP contribution in [0.3, 0.4) is 0 Å². The van der Waals surface area contributed by atoms with Crippen LogP contribution < -0.4 is 19.7 Å². The molecule has 1 aliphatic rings. The third kappa shape index (κ3) is 8.05. The van der Waals surface area contributed by atoms with E-state index in [2.05, 4.69) is 19.9 Å². The molecule has 5 rings (SSSR count). The predicted molar refractivity (Wildman–Crippen MR) is 162 cm³/mol. The number of nitrogens with zero attached hydrogens (tertiary/aromatic N) is 3. The molecule has 2 N–H and O–H groups in total. The number of aromatic nitrogens is 1. The monoisotopic (exact) mass is 589 g/mol. The minimum absolute atomic E-state index is 0.0132. The maximum Gasteiger partial charge on any atom is 0.326 e. The third-order valence-corrected chi connectivity index (χ3v) is 7.49. The molecule has 0 saturated carbocycles. The first-order chi connectivity index (χ1) is 20.2. The number of piperidine rings is 1. The van der Waals surface area contributed by atoms with E-state index in [-0.39, 0.29) is 17.9 Å². The number of sulfonamides is 1. The van der Waals surface area contributed by atoms with Crippen LogP contribution in [0, 0.1) is 5.82 Å². The van der Waals surface area contributed by atoms with Crippen molar-refractivity contribution in [2.45, 2.75) is 25.4 Å². The van der Waals surface area contributed by atoms with Crippen molar-refractivity contribution in [1.29, 1.82) is 0 Å². The van der Waals surface area contributed by atoms with Crippen LogP contribution >= 0.6 is 0 Å². The first-order valence-corrected chi connectivity index (χ1v) is 15.4. The second kappa shape index (κ2) is 13.0. The molecule has 3 aromatic carbocycles. The van der Waals surface area contributed by atoms with Gasteiger partial charge in [-0.2, -0.15) is 0 Å². The molecule has 0 atom stereocenters. The second-order valence-electron chi connectivity index (χ2n) is 10.2. The van der Waals surface area contributed by atoms with Crippen molar-refractivity contribution in [1.82, 2.24) is 9.88 Å². The molecule has 2 amide bonds. The van der Waals surface area contributed by atoms with E-state index < -0.39 is 10.0 Å². The zero-order valence-electron chi connectivity index (χ0n) is 23.1. The minimum atomic E-state index is -3.33. The Morgan fingerprint density at radius 2 is 1.57 bits per heavy atom. The summed E-state index contributed by atoms with van der Waals surface area (Å²) < 4.78 is 44.4. The smallest absolute Gasteiger partial charge is 0.326 e. The molecule has 0 unspecified atom stereocenters. The fourth-order valence-electron chi connectivity index (χ4n) is 4.90. The van der Waals surface area contributed by atoms with Crippen LogP contribution in [-0.2, 0) is 16.6 Å². The fraction of sp³-hybridized carbons (Fsp3) is 0.226. The van der Waals surface area contributed by atoms with Crippen LogP contribution in [0.4, 0.5) is 26.2 Å². The van der Waals surface area contributed by atoms with Crippen molar-refractivity contribution in [3.8, 4) is 11.5 Å². The molecule has 1 saturated heterocycles. The zero-order chi connectivity index (χ0) is 29.5. The van der Waals surface area contributed by atoms with Crippen LogP contribution in [0.25, 0.3) is 0 Å². The fourth-order valence-corrected chi connectivity index (χ4v) is 5.47. The number of carbonyl (C=O) groups is 1. The quantitative estimate of drug-likeness (QED) is 0.245. The number of carbonyl (C=O) groups excluding carboxylic acids is 1. The van der Waals surface area contributed by atoms with E-state index in [1.54, 1.807) is 59.8 Å². The summed E-state index contributed by atoms with van der Waals surface area (Å²) in [6.45, 7) is 2.41. The highest BCUT2D eigenvalue weighted by molar-refractivity contribution is 7.92. The molecular formula is C31H32FN5O4S. The molecule has 2 heterocycles. The number of urea groups is 1. The lowest BCUT2D eigenvalue weighted by molar-refractivity contribution is 0.199. The Labute approximate surface area is 245 Å². The van der Waals surface area contributed by atoms with Crippen molar-refractivity contribution in [3.63, 3.8) is 0 Å². The highest BCUT2D eigenvalue weighted by Gasteiger charge is 2.29. The number of ether oxygens (including phenoxy) is 1.